The van der Waals surface area contributed by atoms with Crippen molar-refractivity contribution in [3.05, 3.63) is 64.9 Å². The van der Waals surface area contributed by atoms with Crippen LogP contribution in [0.3, 0.4) is 0 Å². The lowest BCUT2D eigenvalue weighted by Crippen LogP contribution is -2.22. The molecule has 0 aliphatic rings. The summed E-state index contributed by atoms with van der Waals surface area (Å²) in [6.45, 7) is 4.29. The molecule has 2 atom stereocenters. The minimum absolute atomic E-state index is 0.268. The second-order valence-electron chi connectivity index (χ2n) is 4.45. The molecule has 1 N–H and O–H groups in total. The molecule has 18 heavy (non-hydrogen) atoms. The van der Waals surface area contributed by atoms with Crippen LogP contribution in [0.1, 0.15) is 37.1 Å². The number of halogens is 1. The number of hydrogen-bond donors (Lipinski definition) is 1. The van der Waals surface area contributed by atoms with Crippen LogP contribution in [-0.2, 0) is 0 Å². The largest absolute Gasteiger partial charge is 0.304 e. The van der Waals surface area contributed by atoms with Gasteiger partial charge in [-0.05, 0) is 43.2 Å². The van der Waals surface area contributed by atoms with Crippen molar-refractivity contribution in [2.75, 3.05) is 0 Å². The second-order valence-corrected chi connectivity index (χ2v) is 4.88. The Labute approximate surface area is 113 Å². The molecule has 1 aromatic carbocycles. The summed E-state index contributed by atoms with van der Waals surface area (Å²) < 4.78 is 0. The number of aromatic nitrogens is 1. The van der Waals surface area contributed by atoms with Crippen molar-refractivity contribution in [1.29, 1.82) is 0 Å². The van der Waals surface area contributed by atoms with Crippen LogP contribution >= 0.6 is 11.6 Å². The molecule has 1 aromatic heterocycles. The number of nitrogens with one attached hydrogen (secondary N) is 1. The zero-order chi connectivity index (χ0) is 13.0. The first-order chi connectivity index (χ1) is 8.66. The van der Waals surface area contributed by atoms with Crippen molar-refractivity contribution in [3.8, 4) is 0 Å². The Bertz CT molecular complexity index is 482. The normalized spacial score (nSPS) is 14.2. The minimum Gasteiger partial charge on any atom is -0.304 e. The smallest absolute Gasteiger partial charge is 0.0406 e. The summed E-state index contributed by atoms with van der Waals surface area (Å²) in [6, 6.07) is 12.5. The molecule has 3 heteroatoms. The molecule has 0 spiro atoms. The molecule has 0 bridgehead atoms. The van der Waals surface area contributed by atoms with Crippen LogP contribution in [0, 0.1) is 0 Å². The summed E-state index contributed by atoms with van der Waals surface area (Å²) in [7, 11) is 0. The fourth-order valence-electron chi connectivity index (χ4n) is 1.95. The lowest BCUT2D eigenvalue weighted by atomic mass is 10.1. The molecule has 0 aliphatic heterocycles. The van der Waals surface area contributed by atoms with Gasteiger partial charge < -0.3 is 5.32 Å². The molecule has 1 heterocycles. The van der Waals surface area contributed by atoms with E-state index in [1.54, 1.807) is 6.20 Å². The molecule has 0 radical (unpaired) electrons. The summed E-state index contributed by atoms with van der Waals surface area (Å²) in [5, 5.41) is 4.32. The number of benzene rings is 1. The highest BCUT2D eigenvalue weighted by Gasteiger charge is 2.10. The Hall–Kier alpha value is -1.38. The predicted octanol–water partition coefficient (Wildman–Crippen LogP) is 4.15. The zero-order valence-corrected chi connectivity index (χ0v) is 11.4. The van der Waals surface area contributed by atoms with Gasteiger partial charge in [0.15, 0.2) is 0 Å². The molecule has 2 aromatic rings. The first kappa shape index (κ1) is 13.1. The van der Waals surface area contributed by atoms with Gasteiger partial charge in [0.05, 0.1) is 0 Å². The van der Waals surface area contributed by atoms with E-state index in [4.69, 9.17) is 11.6 Å². The summed E-state index contributed by atoms with van der Waals surface area (Å²) in [5.74, 6) is 0. The number of pyridine rings is 1. The Morgan fingerprint density at radius 2 is 1.67 bits per heavy atom. The average molecular weight is 261 g/mol. The molecular weight excluding hydrogens is 244 g/mol. The molecule has 2 rings (SSSR count). The van der Waals surface area contributed by atoms with Gasteiger partial charge >= 0.3 is 0 Å². The topological polar surface area (TPSA) is 24.9 Å². The minimum atomic E-state index is 0.268. The zero-order valence-electron chi connectivity index (χ0n) is 10.6. The van der Waals surface area contributed by atoms with Crippen molar-refractivity contribution in [1.82, 2.24) is 10.3 Å². The number of rotatable bonds is 4. The quantitative estimate of drug-likeness (QED) is 0.893. The Balaban J connectivity index is 2.03. The van der Waals surface area contributed by atoms with E-state index in [-0.39, 0.29) is 12.1 Å². The molecule has 0 amide bonds. The fraction of sp³-hybridized carbons (Fsp3) is 0.267. The van der Waals surface area contributed by atoms with Crippen molar-refractivity contribution in [3.63, 3.8) is 0 Å². The Morgan fingerprint density at radius 1 is 1.00 bits per heavy atom. The van der Waals surface area contributed by atoms with Gasteiger partial charge in [-0.3, -0.25) is 4.98 Å². The summed E-state index contributed by atoms with van der Waals surface area (Å²) in [6.07, 6.45) is 3.69. The molecule has 2 unspecified atom stereocenters. The molecule has 0 saturated heterocycles. The van der Waals surface area contributed by atoms with Crippen LogP contribution in [-0.4, -0.2) is 4.98 Å². The Morgan fingerprint density at radius 3 is 2.28 bits per heavy atom. The van der Waals surface area contributed by atoms with Crippen molar-refractivity contribution in [2.45, 2.75) is 25.9 Å². The first-order valence-electron chi connectivity index (χ1n) is 6.08. The number of hydrogen-bond acceptors (Lipinski definition) is 2. The van der Waals surface area contributed by atoms with Crippen LogP contribution in [0.15, 0.2) is 48.8 Å². The lowest BCUT2D eigenvalue weighted by Gasteiger charge is -2.20. The summed E-state index contributed by atoms with van der Waals surface area (Å²) >= 11 is 5.89. The lowest BCUT2D eigenvalue weighted by molar-refractivity contribution is 0.494. The van der Waals surface area contributed by atoms with Crippen LogP contribution in [0.25, 0.3) is 0 Å². The maximum Gasteiger partial charge on any atom is 0.0406 e. The first-order valence-corrected chi connectivity index (χ1v) is 6.46. The van der Waals surface area contributed by atoms with Crippen LogP contribution < -0.4 is 5.32 Å². The van der Waals surface area contributed by atoms with E-state index in [1.165, 1.54) is 11.1 Å². The van der Waals surface area contributed by atoms with E-state index < -0.39 is 0 Å². The third-order valence-corrected chi connectivity index (χ3v) is 3.31. The molecule has 0 fully saturated rings. The van der Waals surface area contributed by atoms with E-state index in [1.807, 2.05) is 24.4 Å². The van der Waals surface area contributed by atoms with Crippen LogP contribution in [0.2, 0.25) is 5.02 Å². The molecule has 0 aliphatic carbocycles. The van der Waals surface area contributed by atoms with E-state index in [2.05, 4.69) is 42.3 Å². The highest BCUT2D eigenvalue weighted by atomic mass is 35.5. The van der Waals surface area contributed by atoms with E-state index in [0.717, 1.165) is 5.02 Å². The Kier molecular flexibility index (Phi) is 4.34. The standard InChI is InChI=1S/C15H17ClN2/c1-11(13-5-7-15(16)8-6-13)18-12(2)14-4-3-9-17-10-14/h3-12,18H,1-2H3. The highest BCUT2D eigenvalue weighted by molar-refractivity contribution is 6.30. The van der Waals surface area contributed by atoms with E-state index in [0.29, 0.717) is 0 Å². The van der Waals surface area contributed by atoms with Crippen molar-refractivity contribution in [2.24, 2.45) is 0 Å². The second kappa shape index (κ2) is 5.98. The predicted molar refractivity (Wildman–Crippen MR) is 75.7 cm³/mol. The van der Waals surface area contributed by atoms with Gasteiger partial charge in [0, 0.05) is 29.5 Å². The fourth-order valence-corrected chi connectivity index (χ4v) is 2.08. The third kappa shape index (κ3) is 3.31. The highest BCUT2D eigenvalue weighted by Crippen LogP contribution is 2.20. The van der Waals surface area contributed by atoms with E-state index >= 15 is 0 Å². The van der Waals surface area contributed by atoms with Crippen molar-refractivity contribution >= 4 is 11.6 Å². The third-order valence-electron chi connectivity index (χ3n) is 3.05. The van der Waals surface area contributed by atoms with Gasteiger partial charge in [-0.15, -0.1) is 0 Å². The average Bonchev–Trinajstić information content (AvgIpc) is 2.40. The van der Waals surface area contributed by atoms with Gasteiger partial charge in [-0.1, -0.05) is 29.8 Å². The maximum absolute atomic E-state index is 5.89. The maximum atomic E-state index is 5.89. The van der Waals surface area contributed by atoms with Gasteiger partial charge in [0.1, 0.15) is 0 Å². The van der Waals surface area contributed by atoms with E-state index in [9.17, 15) is 0 Å². The van der Waals surface area contributed by atoms with Gasteiger partial charge in [-0.25, -0.2) is 0 Å². The van der Waals surface area contributed by atoms with Crippen LogP contribution in [0.4, 0.5) is 0 Å². The van der Waals surface area contributed by atoms with Crippen LogP contribution in [0.5, 0.6) is 0 Å². The SMILES string of the molecule is CC(NC(C)c1cccnc1)c1ccc(Cl)cc1. The summed E-state index contributed by atoms with van der Waals surface area (Å²) in [4.78, 5) is 4.14. The van der Waals surface area contributed by atoms with Gasteiger partial charge in [-0.2, -0.15) is 0 Å². The summed E-state index contributed by atoms with van der Waals surface area (Å²) in [5.41, 5.74) is 2.42. The molecular formula is C15H17ClN2. The van der Waals surface area contributed by atoms with Gasteiger partial charge in [0.2, 0.25) is 0 Å². The molecule has 2 nitrogen and oxygen atoms in total. The van der Waals surface area contributed by atoms with Crippen molar-refractivity contribution < 1.29 is 0 Å². The number of nitrogens with zero attached hydrogens (tertiary/aromatic N) is 1. The molecule has 94 valence electrons. The monoisotopic (exact) mass is 260 g/mol. The molecule has 0 saturated carbocycles. The van der Waals surface area contributed by atoms with Gasteiger partial charge in [0.25, 0.3) is 0 Å².